The highest BCUT2D eigenvalue weighted by Crippen LogP contribution is 2.43. The van der Waals surface area contributed by atoms with Crippen LogP contribution in [0, 0.1) is 26.6 Å². The number of benzene rings is 2. The average Bonchev–Trinajstić information content (AvgIpc) is 3.63. The van der Waals surface area contributed by atoms with Crippen molar-refractivity contribution in [3.8, 4) is 5.00 Å². The van der Waals surface area contributed by atoms with E-state index in [0.29, 0.717) is 22.2 Å². The third kappa shape index (κ3) is 5.51. The van der Waals surface area contributed by atoms with E-state index in [-0.39, 0.29) is 61.3 Å². The van der Waals surface area contributed by atoms with Gasteiger partial charge >= 0.3 is 0 Å². The van der Waals surface area contributed by atoms with Gasteiger partial charge < -0.3 is 10.2 Å². The summed E-state index contributed by atoms with van der Waals surface area (Å²) in [6.45, 7) is 6.06. The van der Waals surface area contributed by atoms with Crippen LogP contribution in [0.25, 0.3) is 5.00 Å². The quantitative estimate of drug-likeness (QED) is 0.260. The van der Waals surface area contributed by atoms with E-state index in [9.17, 15) is 19.2 Å². The molecule has 0 radical (unpaired) electrons. The van der Waals surface area contributed by atoms with Gasteiger partial charge in [-0.15, -0.1) is 21.5 Å². The number of nitrogens with zero attached hydrogens (tertiary/aromatic N) is 4. The number of rotatable bonds is 6. The smallest absolute Gasteiger partial charge is 0.255 e. The first-order chi connectivity index (χ1) is 22.5. The van der Waals surface area contributed by atoms with Gasteiger partial charge in [0.2, 0.25) is 17.7 Å². The summed E-state index contributed by atoms with van der Waals surface area (Å²) in [6.07, 6.45) is 0.342. The number of hydrogen-bond donors (Lipinski definition) is 3. The van der Waals surface area contributed by atoms with E-state index in [1.807, 2.05) is 35.8 Å². The van der Waals surface area contributed by atoms with Crippen molar-refractivity contribution in [3.63, 3.8) is 0 Å². The minimum atomic E-state index is -0.800. The van der Waals surface area contributed by atoms with Crippen molar-refractivity contribution in [1.29, 1.82) is 0 Å². The topological polar surface area (TPSA) is 138 Å². The number of thiophene rings is 1. The lowest BCUT2D eigenvalue weighted by atomic mass is 9.96. The SMILES string of the molecule is Cc1sc2c(c1C)[C@H](c1ccc(Cl)cc1)NC(CC(=O)NCc1cc3c(cc1F)C(=O)N(C1CCC(=O)NC1=O)C3)c1nnc(C)n1-2. The molecule has 2 unspecified atom stereocenters. The standard InChI is InChI=1S/C33H31ClFN7O4S/c1-15-16(2)47-33-28(15)29(18-4-6-21(34)7-5-18)37-24(30-40-39-17(3)42(30)33)12-27(44)36-13-19-10-20-14-41(32(46)22(20)11-23(19)35)25-8-9-26(43)38-31(25)45/h4-7,10-11,24-25,29,37H,8-9,12-14H2,1-3H3,(H,36,44)(H,38,43,45)/t24?,25?,29-/m0/s1. The first-order valence-electron chi connectivity index (χ1n) is 15.3. The first kappa shape index (κ1) is 31.2. The molecule has 1 fully saturated rings. The number of aromatic nitrogens is 3. The summed E-state index contributed by atoms with van der Waals surface area (Å²) in [7, 11) is 0. The molecule has 2 aromatic carbocycles. The molecule has 3 atom stereocenters. The Morgan fingerprint density at radius 1 is 1.13 bits per heavy atom. The molecule has 242 valence electrons. The van der Waals surface area contributed by atoms with Crippen molar-refractivity contribution >= 4 is 46.6 Å². The minimum absolute atomic E-state index is 0.00350. The number of aryl methyl sites for hydroxylation is 2. The molecule has 0 bridgehead atoms. The molecule has 1 saturated heterocycles. The maximum atomic E-state index is 15.2. The molecule has 5 heterocycles. The largest absolute Gasteiger partial charge is 0.352 e. The summed E-state index contributed by atoms with van der Waals surface area (Å²) in [4.78, 5) is 53.0. The van der Waals surface area contributed by atoms with Crippen LogP contribution in [-0.4, -0.2) is 49.3 Å². The summed E-state index contributed by atoms with van der Waals surface area (Å²) < 4.78 is 17.2. The van der Waals surface area contributed by atoms with Gasteiger partial charge in [0.15, 0.2) is 5.82 Å². The Morgan fingerprint density at radius 2 is 1.89 bits per heavy atom. The zero-order valence-corrected chi connectivity index (χ0v) is 27.4. The second-order valence-corrected chi connectivity index (χ2v) is 13.8. The molecule has 2 aromatic heterocycles. The summed E-state index contributed by atoms with van der Waals surface area (Å²) in [6, 6.07) is 8.74. The van der Waals surface area contributed by atoms with Crippen molar-refractivity contribution in [2.75, 3.05) is 0 Å². The van der Waals surface area contributed by atoms with E-state index in [1.54, 1.807) is 17.4 Å². The minimum Gasteiger partial charge on any atom is -0.352 e. The number of hydrogen-bond acceptors (Lipinski definition) is 8. The second-order valence-electron chi connectivity index (χ2n) is 12.1. The highest BCUT2D eigenvalue weighted by atomic mass is 35.5. The molecule has 3 aliphatic rings. The van der Waals surface area contributed by atoms with Gasteiger partial charge in [0.25, 0.3) is 5.91 Å². The Labute approximate surface area is 278 Å². The van der Waals surface area contributed by atoms with Crippen molar-refractivity contribution in [2.24, 2.45) is 0 Å². The Hall–Kier alpha value is -4.46. The van der Waals surface area contributed by atoms with E-state index in [0.717, 1.165) is 27.8 Å². The summed E-state index contributed by atoms with van der Waals surface area (Å²) in [5, 5.41) is 19.2. The van der Waals surface area contributed by atoms with Crippen molar-refractivity contribution in [1.82, 2.24) is 35.6 Å². The van der Waals surface area contributed by atoms with E-state index >= 15 is 4.39 Å². The van der Waals surface area contributed by atoms with Crippen LogP contribution in [0.5, 0.6) is 0 Å². The lowest BCUT2D eigenvalue weighted by Crippen LogP contribution is -2.52. The van der Waals surface area contributed by atoms with E-state index in [4.69, 9.17) is 11.6 Å². The van der Waals surface area contributed by atoms with Gasteiger partial charge in [-0.2, -0.15) is 0 Å². The van der Waals surface area contributed by atoms with Crippen LogP contribution in [0.15, 0.2) is 36.4 Å². The predicted molar refractivity (Wildman–Crippen MR) is 172 cm³/mol. The normalized spacial score (nSPS) is 20.4. The fourth-order valence-corrected chi connectivity index (χ4v) is 8.02. The third-order valence-corrected chi connectivity index (χ3v) is 10.7. The zero-order valence-electron chi connectivity index (χ0n) is 25.8. The van der Waals surface area contributed by atoms with Crippen molar-refractivity contribution in [3.05, 3.63) is 97.1 Å². The lowest BCUT2D eigenvalue weighted by Gasteiger charge is -2.29. The van der Waals surface area contributed by atoms with Crippen LogP contribution >= 0.6 is 22.9 Å². The number of imide groups is 1. The van der Waals surface area contributed by atoms with Gasteiger partial charge in [0.05, 0.1) is 12.1 Å². The van der Waals surface area contributed by atoms with Gasteiger partial charge in [-0.3, -0.25) is 34.4 Å². The van der Waals surface area contributed by atoms with Gasteiger partial charge in [0.1, 0.15) is 22.7 Å². The number of amides is 4. The molecule has 3 aliphatic heterocycles. The molecular formula is C33H31ClFN7O4S. The van der Waals surface area contributed by atoms with E-state index in [1.165, 1.54) is 9.78 Å². The summed E-state index contributed by atoms with van der Waals surface area (Å²) in [5.74, 6) is -1.03. The fraction of sp³-hybridized carbons (Fsp3) is 0.333. The molecule has 4 aromatic rings. The molecule has 7 rings (SSSR count). The van der Waals surface area contributed by atoms with Gasteiger partial charge in [-0.05, 0) is 68.1 Å². The van der Waals surface area contributed by atoms with E-state index < -0.39 is 29.7 Å². The van der Waals surface area contributed by atoms with Crippen molar-refractivity contribution < 1.29 is 23.6 Å². The Balaban J connectivity index is 1.11. The fourth-order valence-electron chi connectivity index (χ4n) is 6.64. The number of carbonyl (C=O) groups excluding carboxylic acids is 4. The highest BCUT2D eigenvalue weighted by molar-refractivity contribution is 7.14. The molecule has 0 saturated carbocycles. The van der Waals surface area contributed by atoms with Crippen molar-refractivity contribution in [2.45, 2.75) is 71.2 Å². The molecule has 4 amide bonds. The van der Waals surface area contributed by atoms with Gasteiger partial charge in [-0.1, -0.05) is 23.7 Å². The van der Waals surface area contributed by atoms with Crippen LogP contribution in [0.3, 0.4) is 0 Å². The average molecular weight is 676 g/mol. The van der Waals surface area contributed by atoms with Crippen LogP contribution < -0.4 is 16.0 Å². The molecule has 14 heteroatoms. The summed E-state index contributed by atoms with van der Waals surface area (Å²) >= 11 is 7.87. The molecule has 47 heavy (non-hydrogen) atoms. The highest BCUT2D eigenvalue weighted by Gasteiger charge is 2.40. The van der Waals surface area contributed by atoms with Gasteiger partial charge in [-0.25, -0.2) is 4.39 Å². The molecular weight excluding hydrogens is 645 g/mol. The summed E-state index contributed by atoms with van der Waals surface area (Å²) in [5.41, 5.74) is 4.16. The van der Waals surface area contributed by atoms with Gasteiger partial charge in [0, 0.05) is 52.5 Å². The van der Waals surface area contributed by atoms with Crippen LogP contribution in [-0.2, 0) is 27.5 Å². The Bertz CT molecular complexity index is 1970. The first-order valence-corrected chi connectivity index (χ1v) is 16.5. The molecule has 11 nitrogen and oxygen atoms in total. The maximum Gasteiger partial charge on any atom is 0.255 e. The van der Waals surface area contributed by atoms with Crippen LogP contribution in [0.1, 0.15) is 86.0 Å². The number of carbonyl (C=O) groups is 4. The number of halogens is 2. The maximum absolute atomic E-state index is 15.2. The molecule has 0 spiro atoms. The Morgan fingerprint density at radius 3 is 2.64 bits per heavy atom. The van der Waals surface area contributed by atoms with Crippen LogP contribution in [0.4, 0.5) is 4.39 Å². The van der Waals surface area contributed by atoms with E-state index in [2.05, 4.69) is 40.0 Å². The molecule has 3 N–H and O–H groups in total. The number of fused-ring (bicyclic) bond motifs is 4. The Kier molecular flexibility index (Phi) is 7.93. The second kappa shape index (κ2) is 12.0. The number of piperidine rings is 1. The monoisotopic (exact) mass is 675 g/mol. The third-order valence-electron chi connectivity index (χ3n) is 9.19. The zero-order chi connectivity index (χ0) is 33.1. The molecule has 0 aliphatic carbocycles. The predicted octanol–water partition coefficient (Wildman–Crippen LogP) is 4.25. The number of nitrogens with one attached hydrogen (secondary N) is 3. The van der Waals surface area contributed by atoms with Crippen LogP contribution in [0.2, 0.25) is 5.02 Å². The lowest BCUT2D eigenvalue weighted by molar-refractivity contribution is -0.137.